The predicted octanol–water partition coefficient (Wildman–Crippen LogP) is 3.32. The number of sulfonamides is 1. The van der Waals surface area contributed by atoms with Crippen molar-refractivity contribution >= 4 is 10.0 Å². The van der Waals surface area contributed by atoms with Crippen molar-refractivity contribution < 1.29 is 31.1 Å². The van der Waals surface area contributed by atoms with Crippen molar-refractivity contribution in [3.8, 4) is 0 Å². The van der Waals surface area contributed by atoms with E-state index in [0.29, 0.717) is 29.2 Å². The smallest absolute Gasteiger partial charge is 0.416 e. The number of aliphatic hydroxyl groups is 1. The van der Waals surface area contributed by atoms with Gasteiger partial charge < -0.3 is 9.52 Å². The Balaban J connectivity index is 1.98. The van der Waals surface area contributed by atoms with Crippen molar-refractivity contribution in [2.24, 2.45) is 0 Å². The standard InChI is InChI=1S/C16H18F3NO4S/c1-10-9-14(11(2)24-10)15(21)7-8-20-25(22,23)13-5-3-12(4-6-13)16(17,18)19/h3-6,9,15,20-21H,7-8H2,1-2H3/t15-/m0/s1. The van der Waals surface area contributed by atoms with Gasteiger partial charge in [-0.05, 0) is 50.6 Å². The maximum absolute atomic E-state index is 12.5. The molecule has 0 radical (unpaired) electrons. The summed E-state index contributed by atoms with van der Waals surface area (Å²) in [5.74, 6) is 1.19. The zero-order chi connectivity index (χ0) is 18.8. The zero-order valence-corrected chi connectivity index (χ0v) is 14.4. The van der Waals surface area contributed by atoms with Gasteiger partial charge >= 0.3 is 6.18 Å². The normalized spacial score (nSPS) is 13.8. The van der Waals surface area contributed by atoms with Crippen LogP contribution in [0.3, 0.4) is 0 Å². The highest BCUT2D eigenvalue weighted by atomic mass is 32.2. The number of alkyl halides is 3. The molecule has 9 heteroatoms. The molecule has 5 nitrogen and oxygen atoms in total. The van der Waals surface area contributed by atoms with Crippen LogP contribution in [-0.2, 0) is 16.2 Å². The summed E-state index contributed by atoms with van der Waals surface area (Å²) in [5, 5.41) is 10.1. The summed E-state index contributed by atoms with van der Waals surface area (Å²) in [7, 11) is -3.96. The van der Waals surface area contributed by atoms with Gasteiger partial charge in [-0.15, -0.1) is 0 Å². The van der Waals surface area contributed by atoms with Crippen molar-refractivity contribution in [1.29, 1.82) is 0 Å². The fraction of sp³-hybridized carbons (Fsp3) is 0.375. The average Bonchev–Trinajstić information content (AvgIpc) is 2.85. The van der Waals surface area contributed by atoms with Crippen molar-refractivity contribution in [3.63, 3.8) is 0 Å². The largest absolute Gasteiger partial charge is 0.466 e. The fourth-order valence-electron chi connectivity index (χ4n) is 2.37. The first-order chi connectivity index (χ1) is 11.5. The van der Waals surface area contributed by atoms with Crippen LogP contribution in [0.15, 0.2) is 39.6 Å². The van der Waals surface area contributed by atoms with E-state index in [0.717, 1.165) is 12.1 Å². The quantitative estimate of drug-likeness (QED) is 0.809. The minimum absolute atomic E-state index is 0.0752. The van der Waals surface area contributed by atoms with Gasteiger partial charge in [0.25, 0.3) is 0 Å². The lowest BCUT2D eigenvalue weighted by molar-refractivity contribution is -0.137. The number of benzene rings is 1. The van der Waals surface area contributed by atoms with Gasteiger partial charge in [-0.1, -0.05) is 0 Å². The van der Waals surface area contributed by atoms with Gasteiger partial charge in [0.2, 0.25) is 10.0 Å². The molecule has 138 valence electrons. The summed E-state index contributed by atoms with van der Waals surface area (Å²) in [6.45, 7) is 3.35. The van der Waals surface area contributed by atoms with E-state index in [1.54, 1.807) is 19.9 Å². The Kier molecular flexibility index (Phi) is 5.60. The highest BCUT2D eigenvalue weighted by Gasteiger charge is 2.30. The van der Waals surface area contributed by atoms with Crippen LogP contribution in [0.2, 0.25) is 0 Å². The van der Waals surface area contributed by atoms with Crippen LogP contribution < -0.4 is 4.72 Å². The molecule has 0 saturated heterocycles. The lowest BCUT2D eigenvalue weighted by Crippen LogP contribution is -2.26. The number of halogens is 3. The topological polar surface area (TPSA) is 79.5 Å². The van der Waals surface area contributed by atoms with E-state index < -0.39 is 27.9 Å². The lowest BCUT2D eigenvalue weighted by atomic mass is 10.1. The maximum Gasteiger partial charge on any atom is 0.416 e. The number of aryl methyl sites for hydroxylation is 2. The third-order valence-corrected chi connectivity index (χ3v) is 5.12. The molecule has 1 atom stereocenters. The molecule has 1 aromatic heterocycles. The Morgan fingerprint density at radius 3 is 2.28 bits per heavy atom. The zero-order valence-electron chi connectivity index (χ0n) is 13.6. The molecule has 0 amide bonds. The number of furan rings is 1. The molecule has 0 fully saturated rings. The number of hydrogen-bond donors (Lipinski definition) is 2. The van der Waals surface area contributed by atoms with Gasteiger partial charge in [0.1, 0.15) is 11.5 Å². The Morgan fingerprint density at radius 1 is 1.20 bits per heavy atom. The molecule has 0 unspecified atom stereocenters. The molecule has 0 aliphatic heterocycles. The second-order valence-electron chi connectivity index (χ2n) is 5.59. The molecule has 0 bridgehead atoms. The molecule has 0 aliphatic rings. The summed E-state index contributed by atoms with van der Waals surface area (Å²) in [5.41, 5.74) is -0.348. The molecule has 2 aromatic rings. The number of aliphatic hydroxyl groups excluding tert-OH is 1. The summed E-state index contributed by atoms with van der Waals surface area (Å²) < 4.78 is 69.2. The van der Waals surface area contributed by atoms with E-state index in [9.17, 15) is 26.7 Å². The van der Waals surface area contributed by atoms with Crippen LogP contribution in [0.4, 0.5) is 13.2 Å². The molecular weight excluding hydrogens is 359 g/mol. The van der Waals surface area contributed by atoms with Gasteiger partial charge in [0.15, 0.2) is 0 Å². The Bertz CT molecular complexity index is 826. The summed E-state index contributed by atoms with van der Waals surface area (Å²) in [4.78, 5) is -0.273. The van der Waals surface area contributed by atoms with Gasteiger partial charge in [-0.3, -0.25) is 0 Å². The Morgan fingerprint density at radius 2 is 1.80 bits per heavy atom. The molecular formula is C16H18F3NO4S. The summed E-state index contributed by atoms with van der Waals surface area (Å²) in [6, 6.07) is 4.88. The van der Waals surface area contributed by atoms with Crippen molar-refractivity contribution in [2.75, 3.05) is 6.54 Å². The molecule has 0 spiro atoms. The van der Waals surface area contributed by atoms with Crippen molar-refractivity contribution in [2.45, 2.75) is 37.4 Å². The second kappa shape index (κ2) is 7.19. The van der Waals surface area contributed by atoms with Crippen LogP contribution >= 0.6 is 0 Å². The second-order valence-corrected chi connectivity index (χ2v) is 7.36. The molecule has 25 heavy (non-hydrogen) atoms. The number of hydrogen-bond acceptors (Lipinski definition) is 4. The first kappa shape index (κ1) is 19.5. The third kappa shape index (κ3) is 4.83. The minimum Gasteiger partial charge on any atom is -0.466 e. The van der Waals surface area contributed by atoms with E-state index >= 15 is 0 Å². The number of rotatable bonds is 6. The Labute approximate surface area is 143 Å². The minimum atomic E-state index is -4.53. The van der Waals surface area contributed by atoms with Crippen LogP contribution in [0.5, 0.6) is 0 Å². The van der Waals surface area contributed by atoms with E-state index in [4.69, 9.17) is 4.42 Å². The monoisotopic (exact) mass is 377 g/mol. The highest BCUT2D eigenvalue weighted by Crippen LogP contribution is 2.29. The summed E-state index contributed by atoms with van der Waals surface area (Å²) >= 11 is 0. The first-order valence-electron chi connectivity index (χ1n) is 7.42. The van der Waals surface area contributed by atoms with Gasteiger partial charge in [-0.2, -0.15) is 13.2 Å². The van der Waals surface area contributed by atoms with Crippen LogP contribution in [0, 0.1) is 13.8 Å². The highest BCUT2D eigenvalue weighted by molar-refractivity contribution is 7.89. The van der Waals surface area contributed by atoms with Crippen LogP contribution in [0.1, 0.15) is 35.2 Å². The van der Waals surface area contributed by atoms with Crippen molar-refractivity contribution in [3.05, 3.63) is 53.0 Å². The molecule has 0 aliphatic carbocycles. The van der Waals surface area contributed by atoms with Crippen LogP contribution in [0.25, 0.3) is 0 Å². The Hall–Kier alpha value is -1.84. The molecule has 1 heterocycles. The van der Waals surface area contributed by atoms with E-state index in [1.165, 1.54) is 0 Å². The van der Waals surface area contributed by atoms with Gasteiger partial charge in [0, 0.05) is 12.1 Å². The summed E-state index contributed by atoms with van der Waals surface area (Å²) in [6.07, 6.45) is -5.34. The predicted molar refractivity (Wildman–Crippen MR) is 84.4 cm³/mol. The van der Waals surface area contributed by atoms with Gasteiger partial charge in [-0.25, -0.2) is 13.1 Å². The molecule has 2 N–H and O–H groups in total. The first-order valence-corrected chi connectivity index (χ1v) is 8.91. The molecule has 0 saturated carbocycles. The van der Waals surface area contributed by atoms with Crippen LogP contribution in [-0.4, -0.2) is 20.1 Å². The SMILES string of the molecule is Cc1cc([C@@H](O)CCNS(=O)(=O)c2ccc(C(F)(F)F)cc2)c(C)o1. The van der Waals surface area contributed by atoms with E-state index in [-0.39, 0.29) is 17.9 Å². The fourth-order valence-corrected chi connectivity index (χ4v) is 3.42. The molecule has 2 rings (SSSR count). The van der Waals surface area contributed by atoms with Gasteiger partial charge in [0.05, 0.1) is 16.6 Å². The average molecular weight is 377 g/mol. The number of nitrogens with one attached hydrogen (secondary N) is 1. The lowest BCUT2D eigenvalue weighted by Gasteiger charge is -2.12. The van der Waals surface area contributed by atoms with E-state index in [2.05, 4.69) is 4.72 Å². The van der Waals surface area contributed by atoms with E-state index in [1.807, 2.05) is 0 Å². The third-order valence-electron chi connectivity index (χ3n) is 3.64. The molecule has 1 aromatic carbocycles. The maximum atomic E-state index is 12.5. The van der Waals surface area contributed by atoms with Crippen molar-refractivity contribution in [1.82, 2.24) is 4.72 Å².